The molecule has 0 amide bonds. The molecule has 0 spiro atoms. The van der Waals surface area contributed by atoms with E-state index in [1.54, 1.807) is 0 Å². The summed E-state index contributed by atoms with van der Waals surface area (Å²) in [6, 6.07) is 1.40. The van der Waals surface area contributed by atoms with Crippen LogP contribution in [0.1, 0.15) is 24.8 Å². The zero-order valence-electron chi connectivity index (χ0n) is 13.0. The van der Waals surface area contributed by atoms with Crippen LogP contribution in [0.25, 0.3) is 0 Å². The van der Waals surface area contributed by atoms with E-state index in [2.05, 4.69) is 38.7 Å². The highest BCUT2D eigenvalue weighted by Crippen LogP contribution is 2.29. The molecule has 1 saturated carbocycles. The standard InChI is InChI=1S/C15H26N6/c1-12-9-18-21(10-12)8-6-17-15(16-2)19-13-5-7-20(11-13)14-3-4-14/h9-10,13-14H,3-8,11H2,1-2H3,(H2,16,17,19). The fourth-order valence-electron chi connectivity index (χ4n) is 2.94. The Morgan fingerprint density at radius 2 is 2.29 bits per heavy atom. The molecular formula is C15H26N6. The minimum absolute atomic E-state index is 0.531. The minimum Gasteiger partial charge on any atom is -0.355 e. The summed E-state index contributed by atoms with van der Waals surface area (Å²) in [5.74, 6) is 0.904. The summed E-state index contributed by atoms with van der Waals surface area (Å²) in [7, 11) is 1.83. The number of hydrogen-bond donors (Lipinski definition) is 2. The Labute approximate surface area is 126 Å². The van der Waals surface area contributed by atoms with Crippen molar-refractivity contribution in [1.29, 1.82) is 0 Å². The molecule has 2 aliphatic rings. The van der Waals surface area contributed by atoms with Gasteiger partial charge in [-0.25, -0.2) is 0 Å². The zero-order chi connectivity index (χ0) is 14.7. The monoisotopic (exact) mass is 290 g/mol. The highest BCUT2D eigenvalue weighted by molar-refractivity contribution is 5.79. The number of nitrogens with one attached hydrogen (secondary N) is 2. The Morgan fingerprint density at radius 3 is 2.95 bits per heavy atom. The molecule has 1 unspecified atom stereocenters. The second-order valence-electron chi connectivity index (χ2n) is 6.14. The van der Waals surface area contributed by atoms with Crippen LogP contribution in [0.4, 0.5) is 0 Å². The van der Waals surface area contributed by atoms with Gasteiger partial charge in [-0.2, -0.15) is 5.10 Å². The van der Waals surface area contributed by atoms with Crippen molar-refractivity contribution >= 4 is 5.96 Å². The van der Waals surface area contributed by atoms with E-state index in [1.807, 2.05) is 17.9 Å². The van der Waals surface area contributed by atoms with Crippen LogP contribution in [0.5, 0.6) is 0 Å². The summed E-state index contributed by atoms with van der Waals surface area (Å²) in [5, 5.41) is 11.2. The van der Waals surface area contributed by atoms with Crippen molar-refractivity contribution in [3.8, 4) is 0 Å². The largest absolute Gasteiger partial charge is 0.355 e. The highest BCUT2D eigenvalue weighted by Gasteiger charge is 2.34. The lowest BCUT2D eigenvalue weighted by Crippen LogP contribution is -2.45. The maximum absolute atomic E-state index is 4.32. The summed E-state index contributed by atoms with van der Waals surface area (Å²) < 4.78 is 1.96. The first kappa shape index (κ1) is 14.4. The molecule has 1 aliphatic heterocycles. The molecule has 2 fully saturated rings. The third-order valence-corrected chi connectivity index (χ3v) is 4.24. The van der Waals surface area contributed by atoms with E-state index in [1.165, 1.54) is 31.4 Å². The van der Waals surface area contributed by atoms with E-state index in [9.17, 15) is 0 Å². The third kappa shape index (κ3) is 3.97. The Morgan fingerprint density at radius 1 is 1.43 bits per heavy atom. The average molecular weight is 290 g/mol. The molecule has 21 heavy (non-hydrogen) atoms. The number of guanidine groups is 1. The molecule has 2 heterocycles. The van der Waals surface area contributed by atoms with Crippen molar-refractivity contribution in [1.82, 2.24) is 25.3 Å². The molecule has 3 rings (SSSR count). The molecule has 1 aliphatic carbocycles. The summed E-state index contributed by atoms with van der Waals surface area (Å²) >= 11 is 0. The van der Waals surface area contributed by atoms with Gasteiger partial charge in [0.2, 0.25) is 0 Å². The number of rotatable bonds is 5. The second-order valence-corrected chi connectivity index (χ2v) is 6.14. The van der Waals surface area contributed by atoms with Gasteiger partial charge in [-0.15, -0.1) is 0 Å². The molecule has 2 N–H and O–H groups in total. The van der Waals surface area contributed by atoms with E-state index in [0.29, 0.717) is 6.04 Å². The van der Waals surface area contributed by atoms with Crippen LogP contribution in [0.15, 0.2) is 17.4 Å². The first-order valence-electron chi connectivity index (χ1n) is 7.95. The first-order chi connectivity index (χ1) is 10.2. The third-order valence-electron chi connectivity index (χ3n) is 4.24. The SMILES string of the molecule is CN=C(NCCn1cc(C)cn1)NC1CCN(C2CC2)C1. The summed E-state index contributed by atoms with van der Waals surface area (Å²) in [5.41, 5.74) is 1.20. The summed E-state index contributed by atoms with van der Waals surface area (Å²) in [6.45, 7) is 6.13. The van der Waals surface area contributed by atoms with Gasteiger partial charge in [-0.05, 0) is 31.7 Å². The van der Waals surface area contributed by atoms with Crippen LogP contribution in [-0.4, -0.2) is 59.4 Å². The average Bonchev–Trinajstić information content (AvgIpc) is 3.09. The van der Waals surface area contributed by atoms with Gasteiger partial charge in [0.05, 0.1) is 12.7 Å². The van der Waals surface area contributed by atoms with E-state index in [-0.39, 0.29) is 0 Å². The number of likely N-dealkylation sites (tertiary alicyclic amines) is 1. The van der Waals surface area contributed by atoms with E-state index in [0.717, 1.165) is 31.6 Å². The van der Waals surface area contributed by atoms with E-state index in [4.69, 9.17) is 0 Å². The first-order valence-corrected chi connectivity index (χ1v) is 7.95. The van der Waals surface area contributed by atoms with Crippen molar-refractivity contribution in [2.24, 2.45) is 4.99 Å². The fourth-order valence-corrected chi connectivity index (χ4v) is 2.94. The Bertz CT molecular complexity index is 490. The predicted molar refractivity (Wildman–Crippen MR) is 84.5 cm³/mol. The molecular weight excluding hydrogens is 264 g/mol. The van der Waals surface area contributed by atoms with Crippen molar-refractivity contribution in [2.45, 2.75) is 44.8 Å². The second kappa shape index (κ2) is 6.47. The van der Waals surface area contributed by atoms with Crippen molar-refractivity contribution in [2.75, 3.05) is 26.7 Å². The van der Waals surface area contributed by atoms with Gasteiger partial charge >= 0.3 is 0 Å². The van der Waals surface area contributed by atoms with Gasteiger partial charge < -0.3 is 10.6 Å². The smallest absolute Gasteiger partial charge is 0.191 e. The minimum atomic E-state index is 0.531. The van der Waals surface area contributed by atoms with Gasteiger partial charge in [-0.1, -0.05) is 0 Å². The Kier molecular flexibility index (Phi) is 4.43. The number of nitrogens with zero attached hydrogens (tertiary/aromatic N) is 4. The lowest BCUT2D eigenvalue weighted by atomic mass is 10.3. The zero-order valence-corrected chi connectivity index (χ0v) is 13.0. The fraction of sp³-hybridized carbons (Fsp3) is 0.733. The van der Waals surface area contributed by atoms with Crippen LogP contribution in [-0.2, 0) is 6.54 Å². The van der Waals surface area contributed by atoms with Gasteiger partial charge in [-0.3, -0.25) is 14.6 Å². The number of aromatic nitrogens is 2. The molecule has 0 aromatic carbocycles. The number of aliphatic imine (C=N–C) groups is 1. The number of hydrogen-bond acceptors (Lipinski definition) is 3. The summed E-state index contributed by atoms with van der Waals surface area (Å²) in [4.78, 5) is 6.93. The van der Waals surface area contributed by atoms with E-state index >= 15 is 0 Å². The van der Waals surface area contributed by atoms with Gasteiger partial charge in [0.1, 0.15) is 0 Å². The quantitative estimate of drug-likeness (QED) is 0.616. The van der Waals surface area contributed by atoms with Gasteiger partial charge in [0, 0.05) is 45.0 Å². The van der Waals surface area contributed by atoms with Crippen LogP contribution in [0, 0.1) is 6.92 Å². The van der Waals surface area contributed by atoms with Crippen LogP contribution < -0.4 is 10.6 Å². The number of aryl methyl sites for hydroxylation is 1. The van der Waals surface area contributed by atoms with Crippen LogP contribution in [0.2, 0.25) is 0 Å². The molecule has 1 saturated heterocycles. The summed E-state index contributed by atoms with van der Waals surface area (Å²) in [6.07, 6.45) is 7.95. The Balaban J connectivity index is 1.39. The molecule has 0 radical (unpaired) electrons. The van der Waals surface area contributed by atoms with E-state index < -0.39 is 0 Å². The maximum atomic E-state index is 4.32. The highest BCUT2D eigenvalue weighted by atomic mass is 15.3. The molecule has 116 valence electrons. The maximum Gasteiger partial charge on any atom is 0.191 e. The van der Waals surface area contributed by atoms with Crippen LogP contribution in [0.3, 0.4) is 0 Å². The normalized spacial score (nSPS) is 23.5. The molecule has 1 aromatic rings. The molecule has 0 bridgehead atoms. The lowest BCUT2D eigenvalue weighted by Gasteiger charge is -2.18. The van der Waals surface area contributed by atoms with Crippen LogP contribution >= 0.6 is 0 Å². The van der Waals surface area contributed by atoms with Crippen molar-refractivity contribution in [3.05, 3.63) is 18.0 Å². The van der Waals surface area contributed by atoms with Crippen molar-refractivity contribution in [3.63, 3.8) is 0 Å². The topological polar surface area (TPSA) is 57.5 Å². The molecule has 1 atom stereocenters. The predicted octanol–water partition coefficient (Wildman–Crippen LogP) is 0.593. The molecule has 6 heteroatoms. The molecule has 1 aromatic heterocycles. The van der Waals surface area contributed by atoms with Crippen molar-refractivity contribution < 1.29 is 0 Å². The van der Waals surface area contributed by atoms with Gasteiger partial charge in [0.25, 0.3) is 0 Å². The Hall–Kier alpha value is -1.56. The lowest BCUT2D eigenvalue weighted by molar-refractivity contribution is 0.321. The van der Waals surface area contributed by atoms with Gasteiger partial charge in [0.15, 0.2) is 5.96 Å². The molecule has 6 nitrogen and oxygen atoms in total.